The summed E-state index contributed by atoms with van der Waals surface area (Å²) in [6.07, 6.45) is 0. The molecule has 0 amide bonds. The van der Waals surface area contributed by atoms with Crippen molar-refractivity contribution < 1.29 is 13.7 Å². The molecule has 3 rings (SSSR count). The molecule has 0 fully saturated rings. The van der Waals surface area contributed by atoms with Crippen LogP contribution in [0.3, 0.4) is 0 Å². The van der Waals surface area contributed by atoms with Crippen molar-refractivity contribution in [3.63, 3.8) is 0 Å². The topological polar surface area (TPSA) is 73.3 Å². The van der Waals surface area contributed by atoms with E-state index in [1.54, 1.807) is 0 Å². The summed E-state index contributed by atoms with van der Waals surface area (Å²) < 4.78 is 18.5. The molecule has 0 saturated carbocycles. The van der Waals surface area contributed by atoms with Crippen molar-refractivity contribution in [3.8, 4) is 0 Å². The van der Waals surface area contributed by atoms with Gasteiger partial charge < -0.3 is 4.42 Å². The van der Waals surface area contributed by atoms with Gasteiger partial charge in [0, 0.05) is 12.1 Å². The van der Waals surface area contributed by atoms with Gasteiger partial charge in [0.05, 0.1) is 21.8 Å². The zero-order valence-electron chi connectivity index (χ0n) is 9.42. The lowest BCUT2D eigenvalue weighted by Gasteiger charge is -2.01. The van der Waals surface area contributed by atoms with Crippen LogP contribution >= 0.6 is 0 Å². The lowest BCUT2D eigenvalue weighted by molar-refractivity contribution is -0.384. The number of benzene rings is 2. The van der Waals surface area contributed by atoms with Crippen molar-refractivity contribution >= 4 is 27.6 Å². The maximum Gasteiger partial charge on any atom is 0.273 e. The second-order valence-electron chi connectivity index (χ2n) is 4.01. The Labute approximate surface area is 105 Å². The fourth-order valence-electron chi connectivity index (χ4n) is 1.93. The van der Waals surface area contributed by atoms with E-state index in [0.717, 1.165) is 18.2 Å². The largest absolute Gasteiger partial charge is 0.455 e. The first-order valence-electron chi connectivity index (χ1n) is 5.37. The quantitative estimate of drug-likeness (QED) is 0.382. The van der Waals surface area contributed by atoms with Crippen molar-refractivity contribution in [1.29, 1.82) is 0 Å². The Morgan fingerprint density at radius 1 is 1.05 bits per heavy atom. The number of non-ortho nitro benzene ring substituents is 1. The number of halogens is 1. The Bertz CT molecular complexity index is 885. The molecule has 6 heteroatoms. The van der Waals surface area contributed by atoms with Gasteiger partial charge in [0.1, 0.15) is 17.0 Å². The van der Waals surface area contributed by atoms with Gasteiger partial charge in [-0.25, -0.2) is 4.39 Å². The SMILES string of the molecule is O=c1c2ccc(F)cc2oc2cc([N+](=O)[O-])ccc12. The molecular weight excluding hydrogens is 253 g/mol. The molecule has 0 unspecified atom stereocenters. The van der Waals surface area contributed by atoms with Crippen LogP contribution in [0.1, 0.15) is 0 Å². The van der Waals surface area contributed by atoms with E-state index >= 15 is 0 Å². The lowest BCUT2D eigenvalue weighted by atomic mass is 10.1. The third kappa shape index (κ3) is 1.74. The van der Waals surface area contributed by atoms with Crippen molar-refractivity contribution in [2.75, 3.05) is 0 Å². The van der Waals surface area contributed by atoms with Gasteiger partial charge in [-0.05, 0) is 18.2 Å². The number of nitrogens with zero attached hydrogens (tertiary/aromatic N) is 1. The number of hydrogen-bond donors (Lipinski definition) is 0. The van der Waals surface area contributed by atoms with E-state index in [9.17, 15) is 19.3 Å². The van der Waals surface area contributed by atoms with Crippen LogP contribution in [0, 0.1) is 15.9 Å². The highest BCUT2D eigenvalue weighted by molar-refractivity contribution is 5.90. The van der Waals surface area contributed by atoms with E-state index in [-0.39, 0.29) is 33.1 Å². The fourth-order valence-corrected chi connectivity index (χ4v) is 1.93. The third-order valence-electron chi connectivity index (χ3n) is 2.83. The van der Waals surface area contributed by atoms with Crippen LogP contribution < -0.4 is 5.43 Å². The Morgan fingerprint density at radius 2 is 1.68 bits per heavy atom. The zero-order valence-corrected chi connectivity index (χ0v) is 9.42. The number of rotatable bonds is 1. The second kappa shape index (κ2) is 3.88. The minimum atomic E-state index is -0.588. The van der Waals surface area contributed by atoms with E-state index < -0.39 is 10.7 Å². The summed E-state index contributed by atoms with van der Waals surface area (Å²) in [7, 11) is 0. The average Bonchev–Trinajstić information content (AvgIpc) is 2.37. The smallest absolute Gasteiger partial charge is 0.273 e. The fraction of sp³-hybridized carbons (Fsp3) is 0. The normalized spacial score (nSPS) is 11.0. The zero-order chi connectivity index (χ0) is 13.6. The molecule has 0 bridgehead atoms. The van der Waals surface area contributed by atoms with Gasteiger partial charge in [-0.3, -0.25) is 14.9 Å². The van der Waals surface area contributed by atoms with Gasteiger partial charge in [0.25, 0.3) is 5.69 Å². The molecule has 0 atom stereocenters. The Kier molecular flexibility index (Phi) is 2.31. The van der Waals surface area contributed by atoms with Gasteiger partial charge in [-0.2, -0.15) is 0 Å². The Balaban J connectivity index is 2.46. The van der Waals surface area contributed by atoms with E-state index in [1.165, 1.54) is 18.2 Å². The van der Waals surface area contributed by atoms with Gasteiger partial charge in [-0.15, -0.1) is 0 Å². The minimum Gasteiger partial charge on any atom is -0.455 e. The van der Waals surface area contributed by atoms with Crippen LogP contribution in [0.15, 0.2) is 45.6 Å². The molecule has 1 heterocycles. The number of nitro groups is 1. The van der Waals surface area contributed by atoms with Gasteiger partial charge in [0.15, 0.2) is 0 Å². The van der Waals surface area contributed by atoms with E-state index in [1.807, 2.05) is 0 Å². The maximum atomic E-state index is 13.1. The Hall–Kier alpha value is -2.76. The van der Waals surface area contributed by atoms with Crippen molar-refractivity contribution in [2.24, 2.45) is 0 Å². The second-order valence-corrected chi connectivity index (χ2v) is 4.01. The monoisotopic (exact) mass is 259 g/mol. The predicted octanol–water partition coefficient (Wildman–Crippen LogP) is 2.99. The molecule has 1 aromatic heterocycles. The van der Waals surface area contributed by atoms with E-state index in [2.05, 4.69) is 0 Å². The van der Waals surface area contributed by atoms with Crippen LogP contribution in [0.25, 0.3) is 21.9 Å². The molecule has 0 aliphatic carbocycles. The highest BCUT2D eigenvalue weighted by atomic mass is 19.1. The van der Waals surface area contributed by atoms with Crippen LogP contribution in [0.5, 0.6) is 0 Å². The molecular formula is C13H6FNO4. The number of nitro benzene ring substituents is 1. The van der Waals surface area contributed by atoms with Crippen LogP contribution in [0.2, 0.25) is 0 Å². The summed E-state index contributed by atoms with van der Waals surface area (Å²) in [5.41, 5.74) is -0.396. The third-order valence-corrected chi connectivity index (χ3v) is 2.83. The standard InChI is InChI=1S/C13H6FNO4/c14-7-1-3-9-11(5-7)19-12-6-8(15(17)18)2-4-10(12)13(9)16/h1-6H. The van der Waals surface area contributed by atoms with Crippen LogP contribution in [-0.2, 0) is 0 Å². The molecule has 0 spiro atoms. The first-order valence-corrected chi connectivity index (χ1v) is 5.37. The van der Waals surface area contributed by atoms with Gasteiger partial charge in [0.2, 0.25) is 5.43 Å². The average molecular weight is 259 g/mol. The highest BCUT2D eigenvalue weighted by Crippen LogP contribution is 2.23. The minimum absolute atomic E-state index is 0.0669. The van der Waals surface area contributed by atoms with Crippen LogP contribution in [0.4, 0.5) is 10.1 Å². The van der Waals surface area contributed by atoms with Crippen molar-refractivity contribution in [3.05, 3.63) is 62.6 Å². The molecule has 5 nitrogen and oxygen atoms in total. The summed E-state index contributed by atoms with van der Waals surface area (Å²) in [5, 5.41) is 11.1. The molecule has 3 aromatic rings. The molecule has 0 radical (unpaired) electrons. The molecule has 2 aromatic carbocycles. The first-order chi connectivity index (χ1) is 9.06. The summed E-state index contributed by atoms with van der Waals surface area (Å²) in [6, 6.07) is 7.29. The summed E-state index contributed by atoms with van der Waals surface area (Å²) in [4.78, 5) is 22.2. The van der Waals surface area contributed by atoms with Gasteiger partial charge >= 0.3 is 0 Å². The molecule has 0 N–H and O–H groups in total. The predicted molar refractivity (Wildman–Crippen MR) is 66.6 cm³/mol. The summed E-state index contributed by atoms with van der Waals surface area (Å²) in [5.74, 6) is -0.541. The lowest BCUT2D eigenvalue weighted by Crippen LogP contribution is -2.02. The van der Waals surface area contributed by atoms with E-state index in [4.69, 9.17) is 4.42 Å². The van der Waals surface area contributed by atoms with Gasteiger partial charge in [-0.1, -0.05) is 0 Å². The summed E-state index contributed by atoms with van der Waals surface area (Å²) in [6.45, 7) is 0. The molecule has 0 saturated heterocycles. The van der Waals surface area contributed by atoms with Crippen molar-refractivity contribution in [2.45, 2.75) is 0 Å². The molecule has 94 valence electrons. The van der Waals surface area contributed by atoms with E-state index in [0.29, 0.717) is 0 Å². The molecule has 0 aliphatic heterocycles. The van der Waals surface area contributed by atoms with Crippen LogP contribution in [-0.4, -0.2) is 4.92 Å². The summed E-state index contributed by atoms with van der Waals surface area (Å²) >= 11 is 0. The first kappa shape index (κ1) is 11.3. The number of fused-ring (bicyclic) bond motifs is 2. The number of hydrogen-bond acceptors (Lipinski definition) is 4. The van der Waals surface area contributed by atoms with Crippen molar-refractivity contribution in [1.82, 2.24) is 0 Å². The maximum absolute atomic E-state index is 13.1. The molecule has 19 heavy (non-hydrogen) atoms. The molecule has 0 aliphatic rings. The Morgan fingerprint density at radius 3 is 2.37 bits per heavy atom. The highest BCUT2D eigenvalue weighted by Gasteiger charge is 2.12.